The zero-order valence-corrected chi connectivity index (χ0v) is 10.7. The number of aldehydes is 1. The van der Waals surface area contributed by atoms with E-state index in [-0.39, 0.29) is 5.91 Å². The molecule has 0 aromatic heterocycles. The third-order valence-corrected chi connectivity index (χ3v) is 2.37. The molecule has 0 saturated heterocycles. The number of ether oxygens (including phenoxy) is 2. The minimum Gasteiger partial charge on any atom is -0.497 e. The fourth-order valence-electron chi connectivity index (χ4n) is 1.41. The minimum atomic E-state index is -0.656. The Morgan fingerprint density at radius 2 is 2.22 bits per heavy atom. The fraction of sp³-hybridized carbons (Fsp3) is 0.385. The quantitative estimate of drug-likeness (QED) is 0.776. The number of methoxy groups -OCH3 is 1. The molecule has 1 unspecified atom stereocenters. The van der Waals surface area contributed by atoms with Crippen LogP contribution in [0.15, 0.2) is 18.2 Å². The first kappa shape index (κ1) is 14.0. The molecule has 0 bridgehead atoms. The van der Waals surface area contributed by atoms with E-state index in [9.17, 15) is 9.59 Å². The normalized spacial score (nSPS) is 11.5. The van der Waals surface area contributed by atoms with E-state index in [4.69, 9.17) is 9.47 Å². The highest BCUT2D eigenvalue weighted by Crippen LogP contribution is 2.23. The lowest BCUT2D eigenvalue weighted by Gasteiger charge is -2.15. The van der Waals surface area contributed by atoms with Crippen molar-refractivity contribution >= 4 is 12.2 Å². The molecule has 1 aromatic rings. The number of rotatable bonds is 6. The van der Waals surface area contributed by atoms with E-state index in [0.29, 0.717) is 29.9 Å². The summed E-state index contributed by atoms with van der Waals surface area (Å²) in [6.07, 6.45) is 0.0134. The first-order valence-electron chi connectivity index (χ1n) is 5.70. The summed E-state index contributed by atoms with van der Waals surface area (Å²) in [6, 6.07) is 4.85. The Labute approximate surface area is 106 Å². The van der Waals surface area contributed by atoms with Gasteiger partial charge in [-0.1, -0.05) is 0 Å². The van der Waals surface area contributed by atoms with Gasteiger partial charge in [-0.15, -0.1) is 0 Å². The molecule has 1 N–H and O–H groups in total. The van der Waals surface area contributed by atoms with Crippen molar-refractivity contribution in [1.29, 1.82) is 0 Å². The van der Waals surface area contributed by atoms with Crippen LogP contribution in [-0.2, 0) is 4.79 Å². The highest BCUT2D eigenvalue weighted by Gasteiger charge is 2.15. The molecule has 1 rings (SSSR count). The summed E-state index contributed by atoms with van der Waals surface area (Å²) in [7, 11) is 1.52. The van der Waals surface area contributed by atoms with E-state index < -0.39 is 6.10 Å². The van der Waals surface area contributed by atoms with Crippen molar-refractivity contribution in [3.63, 3.8) is 0 Å². The number of likely N-dealkylation sites (N-methyl/N-ethyl adjacent to an activating group) is 1. The van der Waals surface area contributed by atoms with Crippen molar-refractivity contribution in [2.45, 2.75) is 20.0 Å². The molecule has 5 nitrogen and oxygen atoms in total. The predicted octanol–water partition coefficient (Wildman–Crippen LogP) is 1.41. The Morgan fingerprint density at radius 1 is 1.50 bits per heavy atom. The van der Waals surface area contributed by atoms with Crippen LogP contribution in [0.1, 0.15) is 24.2 Å². The zero-order valence-electron chi connectivity index (χ0n) is 10.7. The molecule has 0 fully saturated rings. The maximum Gasteiger partial charge on any atom is 0.260 e. The Kier molecular flexibility index (Phi) is 5.17. The van der Waals surface area contributed by atoms with Gasteiger partial charge < -0.3 is 14.8 Å². The van der Waals surface area contributed by atoms with E-state index in [1.54, 1.807) is 25.1 Å². The summed E-state index contributed by atoms with van der Waals surface area (Å²) in [5, 5.41) is 2.65. The van der Waals surface area contributed by atoms with Crippen LogP contribution in [0.25, 0.3) is 0 Å². The lowest BCUT2D eigenvalue weighted by molar-refractivity contribution is -0.127. The molecule has 0 spiro atoms. The third kappa shape index (κ3) is 3.48. The molecule has 0 aliphatic carbocycles. The van der Waals surface area contributed by atoms with Gasteiger partial charge in [0.25, 0.3) is 5.91 Å². The molecular weight excluding hydrogens is 234 g/mol. The lowest BCUT2D eigenvalue weighted by Crippen LogP contribution is -2.36. The Morgan fingerprint density at radius 3 is 2.78 bits per heavy atom. The van der Waals surface area contributed by atoms with Gasteiger partial charge in [0.05, 0.1) is 12.7 Å². The summed E-state index contributed by atoms with van der Waals surface area (Å²) < 4.78 is 10.5. The van der Waals surface area contributed by atoms with Crippen molar-refractivity contribution in [2.75, 3.05) is 13.7 Å². The summed E-state index contributed by atoms with van der Waals surface area (Å²) in [5.74, 6) is 0.713. The Hall–Kier alpha value is -2.04. The number of nitrogens with one attached hydrogen (secondary N) is 1. The molecule has 1 aromatic carbocycles. The van der Waals surface area contributed by atoms with Gasteiger partial charge in [-0.25, -0.2) is 0 Å². The summed E-state index contributed by atoms with van der Waals surface area (Å²) in [4.78, 5) is 22.5. The highest BCUT2D eigenvalue weighted by molar-refractivity contribution is 5.82. The van der Waals surface area contributed by atoms with E-state index in [0.717, 1.165) is 0 Å². The lowest BCUT2D eigenvalue weighted by atomic mass is 10.2. The van der Waals surface area contributed by atoms with E-state index in [2.05, 4.69) is 5.32 Å². The topological polar surface area (TPSA) is 64.6 Å². The number of carbonyl (C=O) groups excluding carboxylic acids is 2. The second-order valence-electron chi connectivity index (χ2n) is 3.68. The number of amides is 1. The first-order valence-corrected chi connectivity index (χ1v) is 5.70. The largest absolute Gasteiger partial charge is 0.497 e. The van der Waals surface area contributed by atoms with Gasteiger partial charge in [-0.2, -0.15) is 0 Å². The number of hydrogen-bond donors (Lipinski definition) is 1. The fourth-order valence-corrected chi connectivity index (χ4v) is 1.41. The monoisotopic (exact) mass is 251 g/mol. The van der Waals surface area contributed by atoms with Crippen LogP contribution in [0.4, 0.5) is 0 Å². The molecular formula is C13H17NO4. The SMILES string of the molecule is CCNC(=O)C(C)Oc1ccc(OC)cc1C=O. The van der Waals surface area contributed by atoms with Crippen LogP contribution in [0.3, 0.4) is 0 Å². The van der Waals surface area contributed by atoms with Gasteiger partial charge in [0.1, 0.15) is 11.5 Å². The standard InChI is InChI=1S/C13H17NO4/c1-4-14-13(16)9(2)18-12-6-5-11(17-3)7-10(12)8-15/h5-9H,4H2,1-3H3,(H,14,16). The van der Waals surface area contributed by atoms with Gasteiger partial charge in [-0.05, 0) is 32.0 Å². The number of benzene rings is 1. The van der Waals surface area contributed by atoms with Gasteiger partial charge in [-0.3, -0.25) is 9.59 Å². The molecule has 1 atom stereocenters. The highest BCUT2D eigenvalue weighted by atomic mass is 16.5. The smallest absolute Gasteiger partial charge is 0.260 e. The van der Waals surface area contributed by atoms with Gasteiger partial charge in [0.2, 0.25) is 0 Å². The average Bonchev–Trinajstić information content (AvgIpc) is 2.39. The molecule has 0 aliphatic heterocycles. The van der Waals surface area contributed by atoms with Gasteiger partial charge in [0, 0.05) is 6.54 Å². The second kappa shape index (κ2) is 6.64. The maximum absolute atomic E-state index is 11.5. The van der Waals surface area contributed by atoms with Crippen LogP contribution < -0.4 is 14.8 Å². The molecule has 0 heterocycles. The third-order valence-electron chi connectivity index (χ3n) is 2.37. The van der Waals surface area contributed by atoms with E-state index >= 15 is 0 Å². The Balaban J connectivity index is 2.83. The van der Waals surface area contributed by atoms with Crippen LogP contribution in [0.5, 0.6) is 11.5 Å². The second-order valence-corrected chi connectivity index (χ2v) is 3.68. The average molecular weight is 251 g/mol. The summed E-state index contributed by atoms with van der Waals surface area (Å²) in [6.45, 7) is 3.99. The van der Waals surface area contributed by atoms with Crippen LogP contribution in [0, 0.1) is 0 Å². The molecule has 1 amide bonds. The molecule has 18 heavy (non-hydrogen) atoms. The van der Waals surface area contributed by atoms with Crippen LogP contribution in [0.2, 0.25) is 0 Å². The van der Waals surface area contributed by atoms with Crippen molar-refractivity contribution in [2.24, 2.45) is 0 Å². The number of carbonyl (C=O) groups is 2. The Bertz CT molecular complexity index is 431. The molecule has 0 aliphatic rings. The summed E-state index contributed by atoms with van der Waals surface area (Å²) >= 11 is 0. The molecule has 98 valence electrons. The van der Waals surface area contributed by atoms with E-state index in [1.807, 2.05) is 6.92 Å². The molecule has 0 radical (unpaired) electrons. The summed E-state index contributed by atoms with van der Waals surface area (Å²) in [5.41, 5.74) is 0.352. The predicted molar refractivity (Wildman–Crippen MR) is 67.2 cm³/mol. The van der Waals surface area contributed by atoms with Crippen LogP contribution >= 0.6 is 0 Å². The maximum atomic E-state index is 11.5. The first-order chi connectivity index (χ1) is 8.62. The van der Waals surface area contributed by atoms with E-state index in [1.165, 1.54) is 7.11 Å². The molecule has 5 heteroatoms. The zero-order chi connectivity index (χ0) is 13.5. The van der Waals surface area contributed by atoms with Crippen LogP contribution in [-0.4, -0.2) is 32.0 Å². The van der Waals surface area contributed by atoms with Crippen molar-refractivity contribution in [3.05, 3.63) is 23.8 Å². The van der Waals surface area contributed by atoms with Gasteiger partial charge >= 0.3 is 0 Å². The van der Waals surface area contributed by atoms with Crippen molar-refractivity contribution < 1.29 is 19.1 Å². The van der Waals surface area contributed by atoms with Crippen molar-refractivity contribution in [3.8, 4) is 11.5 Å². The minimum absolute atomic E-state index is 0.217. The molecule has 0 saturated carbocycles. The van der Waals surface area contributed by atoms with Gasteiger partial charge in [0.15, 0.2) is 12.4 Å². The van der Waals surface area contributed by atoms with Crippen molar-refractivity contribution in [1.82, 2.24) is 5.32 Å². The number of hydrogen-bond acceptors (Lipinski definition) is 4.